The number of hydrogen-bond acceptors (Lipinski definition) is 4. The minimum Gasteiger partial charge on any atom is -0.487 e. The van der Waals surface area contributed by atoms with Crippen LogP contribution in [0.5, 0.6) is 5.75 Å². The molecule has 0 aliphatic rings. The monoisotopic (exact) mass is 301 g/mol. The van der Waals surface area contributed by atoms with Crippen LogP contribution in [-0.4, -0.2) is 17.0 Å². The van der Waals surface area contributed by atoms with Gasteiger partial charge < -0.3 is 10.1 Å². The number of nitrogens with one attached hydrogen (secondary N) is 1. The first-order valence-electron chi connectivity index (χ1n) is 5.88. The molecule has 1 aromatic carbocycles. The van der Waals surface area contributed by atoms with Gasteiger partial charge in [-0.3, -0.25) is 4.98 Å². The maximum Gasteiger partial charge on any atom is 0.419 e. The zero-order valence-electron chi connectivity index (χ0n) is 10.9. The molecule has 0 saturated heterocycles. The molecule has 0 atom stereocenters. The average molecular weight is 301 g/mol. The number of rotatable bonds is 4. The van der Waals surface area contributed by atoms with Crippen molar-refractivity contribution in [3.8, 4) is 5.75 Å². The molecule has 21 heavy (non-hydrogen) atoms. The minimum atomic E-state index is -4.77. The molecule has 112 valence electrons. The first-order chi connectivity index (χ1) is 9.90. The summed E-state index contributed by atoms with van der Waals surface area (Å²) in [6.07, 6.45) is -1.87. The summed E-state index contributed by atoms with van der Waals surface area (Å²) in [5.41, 5.74) is -0.927. The summed E-state index contributed by atoms with van der Waals surface area (Å²) in [6.45, 7) is -0.0695. The SMILES string of the molecule is CNc1cnc(COc2ccc(F)c(C(F)(F)F)c2)cn1. The second-order valence-electron chi connectivity index (χ2n) is 4.07. The van der Waals surface area contributed by atoms with Crippen molar-refractivity contribution >= 4 is 5.82 Å². The minimum absolute atomic E-state index is 0.0695. The summed E-state index contributed by atoms with van der Waals surface area (Å²) < 4.78 is 55.9. The predicted octanol–water partition coefficient (Wildman–Crippen LogP) is 3.26. The van der Waals surface area contributed by atoms with Crippen LogP contribution < -0.4 is 10.1 Å². The van der Waals surface area contributed by atoms with E-state index >= 15 is 0 Å². The second-order valence-corrected chi connectivity index (χ2v) is 4.07. The normalized spacial score (nSPS) is 11.3. The van der Waals surface area contributed by atoms with Crippen molar-refractivity contribution in [2.45, 2.75) is 12.8 Å². The number of hydrogen-bond donors (Lipinski definition) is 1. The first-order valence-corrected chi connectivity index (χ1v) is 5.88. The summed E-state index contributed by atoms with van der Waals surface area (Å²) in [5.74, 6) is -0.879. The lowest BCUT2D eigenvalue weighted by atomic mass is 10.2. The highest BCUT2D eigenvalue weighted by Crippen LogP contribution is 2.33. The van der Waals surface area contributed by atoms with Crippen molar-refractivity contribution in [1.82, 2.24) is 9.97 Å². The molecule has 0 spiro atoms. The van der Waals surface area contributed by atoms with Gasteiger partial charge >= 0.3 is 6.18 Å². The van der Waals surface area contributed by atoms with Crippen molar-refractivity contribution < 1.29 is 22.3 Å². The molecule has 0 bridgehead atoms. The van der Waals surface area contributed by atoms with Gasteiger partial charge in [-0.25, -0.2) is 9.37 Å². The summed E-state index contributed by atoms with van der Waals surface area (Å²) in [4.78, 5) is 7.99. The van der Waals surface area contributed by atoms with Crippen LogP contribution in [0.1, 0.15) is 11.3 Å². The van der Waals surface area contributed by atoms with Gasteiger partial charge in [0, 0.05) is 7.05 Å². The number of anilines is 1. The third kappa shape index (κ3) is 3.80. The van der Waals surface area contributed by atoms with Crippen LogP contribution in [0.4, 0.5) is 23.4 Å². The van der Waals surface area contributed by atoms with E-state index in [9.17, 15) is 17.6 Å². The molecular formula is C13H11F4N3O. The highest BCUT2D eigenvalue weighted by molar-refractivity contribution is 5.32. The molecule has 2 rings (SSSR count). The van der Waals surface area contributed by atoms with Crippen molar-refractivity contribution in [3.63, 3.8) is 0 Å². The van der Waals surface area contributed by atoms with E-state index in [1.807, 2.05) is 0 Å². The van der Waals surface area contributed by atoms with E-state index in [-0.39, 0.29) is 12.4 Å². The molecule has 1 heterocycles. The van der Waals surface area contributed by atoms with Gasteiger partial charge in [0.2, 0.25) is 0 Å². The van der Waals surface area contributed by atoms with E-state index in [1.54, 1.807) is 7.05 Å². The molecule has 1 N–H and O–H groups in total. The Morgan fingerprint density at radius 3 is 2.52 bits per heavy atom. The van der Waals surface area contributed by atoms with Crippen molar-refractivity contribution in [2.75, 3.05) is 12.4 Å². The van der Waals surface area contributed by atoms with E-state index < -0.39 is 17.6 Å². The lowest BCUT2D eigenvalue weighted by Gasteiger charge is -2.11. The van der Waals surface area contributed by atoms with Gasteiger partial charge in [0.15, 0.2) is 0 Å². The maximum absolute atomic E-state index is 13.1. The zero-order valence-corrected chi connectivity index (χ0v) is 10.9. The lowest BCUT2D eigenvalue weighted by molar-refractivity contribution is -0.140. The molecular weight excluding hydrogens is 290 g/mol. The quantitative estimate of drug-likeness (QED) is 0.881. The van der Waals surface area contributed by atoms with Crippen LogP contribution in [0, 0.1) is 5.82 Å². The van der Waals surface area contributed by atoms with E-state index in [0.29, 0.717) is 23.6 Å². The van der Waals surface area contributed by atoms with Crippen molar-refractivity contribution in [2.24, 2.45) is 0 Å². The Kier molecular flexibility index (Phi) is 4.25. The van der Waals surface area contributed by atoms with E-state index in [2.05, 4.69) is 15.3 Å². The summed E-state index contributed by atoms with van der Waals surface area (Å²) in [7, 11) is 1.68. The van der Waals surface area contributed by atoms with Crippen LogP contribution in [0.2, 0.25) is 0 Å². The van der Waals surface area contributed by atoms with Gasteiger partial charge in [-0.05, 0) is 18.2 Å². The number of ether oxygens (including phenoxy) is 1. The standard InChI is InChI=1S/C13H11F4N3O/c1-18-12-6-19-8(5-20-12)7-21-9-2-3-11(14)10(4-9)13(15,16)17/h2-6H,7H2,1H3,(H,18,20). The number of nitrogens with zero attached hydrogens (tertiary/aromatic N) is 2. The smallest absolute Gasteiger partial charge is 0.419 e. The van der Waals surface area contributed by atoms with Crippen molar-refractivity contribution in [1.29, 1.82) is 0 Å². The Balaban J connectivity index is 2.09. The fraction of sp³-hybridized carbons (Fsp3) is 0.231. The van der Waals surface area contributed by atoms with E-state index in [4.69, 9.17) is 4.74 Å². The molecule has 0 aliphatic heterocycles. The fourth-order valence-electron chi connectivity index (χ4n) is 1.53. The van der Waals surface area contributed by atoms with Crippen LogP contribution >= 0.6 is 0 Å². The van der Waals surface area contributed by atoms with Gasteiger partial charge in [-0.1, -0.05) is 0 Å². The molecule has 1 aromatic heterocycles. The Hall–Kier alpha value is -2.38. The molecule has 2 aromatic rings. The zero-order chi connectivity index (χ0) is 15.5. The summed E-state index contributed by atoms with van der Waals surface area (Å²) >= 11 is 0. The Morgan fingerprint density at radius 2 is 1.95 bits per heavy atom. The van der Waals surface area contributed by atoms with Gasteiger partial charge in [-0.2, -0.15) is 13.2 Å². The van der Waals surface area contributed by atoms with Crippen molar-refractivity contribution in [3.05, 3.63) is 47.7 Å². The highest BCUT2D eigenvalue weighted by Gasteiger charge is 2.34. The van der Waals surface area contributed by atoms with Crippen LogP contribution in [-0.2, 0) is 12.8 Å². The van der Waals surface area contributed by atoms with Crippen LogP contribution in [0.25, 0.3) is 0 Å². The molecule has 0 fully saturated rings. The molecule has 4 nitrogen and oxygen atoms in total. The predicted molar refractivity (Wildman–Crippen MR) is 67.3 cm³/mol. The summed E-state index contributed by atoms with van der Waals surface area (Å²) in [6, 6.07) is 2.46. The largest absolute Gasteiger partial charge is 0.487 e. The molecule has 0 amide bonds. The van der Waals surface area contributed by atoms with Gasteiger partial charge in [0.05, 0.1) is 23.7 Å². The summed E-state index contributed by atoms with van der Waals surface area (Å²) in [5, 5.41) is 2.78. The highest BCUT2D eigenvalue weighted by atomic mass is 19.4. The van der Waals surface area contributed by atoms with E-state index in [1.165, 1.54) is 12.4 Å². The van der Waals surface area contributed by atoms with Gasteiger partial charge in [0.25, 0.3) is 0 Å². The van der Waals surface area contributed by atoms with Crippen LogP contribution in [0.15, 0.2) is 30.6 Å². The topological polar surface area (TPSA) is 47.0 Å². The Bertz CT molecular complexity index is 614. The molecule has 0 aliphatic carbocycles. The first kappa shape index (κ1) is 15.0. The average Bonchev–Trinajstić information content (AvgIpc) is 2.45. The number of aromatic nitrogens is 2. The third-order valence-corrected chi connectivity index (χ3v) is 2.59. The fourth-order valence-corrected chi connectivity index (χ4v) is 1.53. The van der Waals surface area contributed by atoms with E-state index in [0.717, 1.165) is 6.07 Å². The lowest BCUT2D eigenvalue weighted by Crippen LogP contribution is -2.09. The molecule has 8 heteroatoms. The molecule has 0 saturated carbocycles. The van der Waals surface area contributed by atoms with Gasteiger partial charge in [-0.15, -0.1) is 0 Å². The molecule has 0 unspecified atom stereocenters. The van der Waals surface area contributed by atoms with Crippen LogP contribution in [0.3, 0.4) is 0 Å². The Labute approximate surface area is 117 Å². The number of halogens is 4. The number of alkyl halides is 3. The Morgan fingerprint density at radius 1 is 1.19 bits per heavy atom. The van der Waals surface area contributed by atoms with Gasteiger partial charge in [0.1, 0.15) is 24.0 Å². The third-order valence-electron chi connectivity index (χ3n) is 2.59. The molecule has 0 radical (unpaired) electrons. The number of benzene rings is 1. The maximum atomic E-state index is 13.1. The second kappa shape index (κ2) is 5.94.